The van der Waals surface area contributed by atoms with Gasteiger partial charge in [0.2, 0.25) is 0 Å². The predicted octanol–water partition coefficient (Wildman–Crippen LogP) is 14.0. The average molecular weight is 876 g/mol. The number of imidazole rings is 1. The summed E-state index contributed by atoms with van der Waals surface area (Å²) >= 11 is 0. The minimum atomic E-state index is -0.0232. The van der Waals surface area contributed by atoms with Crippen molar-refractivity contribution in [1.82, 2.24) is 29.1 Å². The number of fused-ring (bicyclic) bond motifs is 5. The van der Waals surface area contributed by atoms with Crippen molar-refractivity contribution in [3.8, 4) is 56.9 Å². The zero-order valence-electron chi connectivity index (χ0n) is 36.8. The molecular formula is C60H41N7O. The van der Waals surface area contributed by atoms with Crippen LogP contribution in [0, 0.1) is 0 Å². The van der Waals surface area contributed by atoms with E-state index in [1.54, 1.807) is 6.08 Å². The number of aromatic nitrogens is 6. The topological polar surface area (TPSA) is 81.7 Å². The van der Waals surface area contributed by atoms with Gasteiger partial charge in [0.15, 0.2) is 23.3 Å². The van der Waals surface area contributed by atoms with Crippen LogP contribution >= 0.6 is 0 Å². The highest BCUT2D eigenvalue weighted by Crippen LogP contribution is 2.41. The molecule has 0 N–H and O–H groups in total. The Balaban J connectivity index is 1.06. The first-order valence-electron chi connectivity index (χ1n) is 22.6. The highest BCUT2D eigenvalue weighted by Gasteiger charge is 2.30. The maximum atomic E-state index is 14.6. The van der Waals surface area contributed by atoms with Crippen LogP contribution in [0.4, 0.5) is 11.4 Å². The van der Waals surface area contributed by atoms with Gasteiger partial charge in [-0.05, 0) is 60.7 Å². The molecule has 3 aromatic heterocycles. The van der Waals surface area contributed by atoms with Crippen molar-refractivity contribution in [3.63, 3.8) is 0 Å². The summed E-state index contributed by atoms with van der Waals surface area (Å²) in [6.07, 6.45) is 7.33. The summed E-state index contributed by atoms with van der Waals surface area (Å²) < 4.78 is 4.51. The van der Waals surface area contributed by atoms with E-state index in [-0.39, 0.29) is 5.78 Å². The molecule has 8 aromatic carbocycles. The van der Waals surface area contributed by atoms with Gasteiger partial charge >= 0.3 is 0 Å². The van der Waals surface area contributed by atoms with Gasteiger partial charge in [0, 0.05) is 61.2 Å². The number of carbonyl (C=O) groups is 1. The Morgan fingerprint density at radius 3 is 1.66 bits per heavy atom. The van der Waals surface area contributed by atoms with Gasteiger partial charge in [-0.15, -0.1) is 0 Å². The Morgan fingerprint density at radius 2 is 1.01 bits per heavy atom. The molecule has 0 atom stereocenters. The number of hydrogen-bond acceptors (Lipinski definition) is 6. The van der Waals surface area contributed by atoms with Gasteiger partial charge in [-0.2, -0.15) is 0 Å². The van der Waals surface area contributed by atoms with Gasteiger partial charge in [-0.25, -0.2) is 19.9 Å². The normalized spacial score (nSPS) is 13.3. The van der Waals surface area contributed by atoms with Crippen molar-refractivity contribution < 1.29 is 4.79 Å². The number of nitrogens with zero attached hydrogens (tertiary/aromatic N) is 7. The van der Waals surface area contributed by atoms with Crippen molar-refractivity contribution in [2.24, 2.45) is 0 Å². The summed E-state index contributed by atoms with van der Waals surface area (Å²) in [5.41, 5.74) is 12.4. The molecule has 68 heavy (non-hydrogen) atoms. The molecule has 0 unspecified atom stereocenters. The van der Waals surface area contributed by atoms with E-state index in [1.165, 1.54) is 0 Å². The first kappa shape index (κ1) is 40.3. The quantitative estimate of drug-likeness (QED) is 0.106. The molecule has 1 aliphatic rings. The van der Waals surface area contributed by atoms with Gasteiger partial charge in [0.1, 0.15) is 5.82 Å². The van der Waals surface area contributed by atoms with Crippen LogP contribution in [0.25, 0.3) is 89.8 Å². The van der Waals surface area contributed by atoms with Crippen LogP contribution < -0.4 is 4.90 Å². The van der Waals surface area contributed by atoms with Crippen molar-refractivity contribution >= 4 is 50.0 Å². The lowest BCUT2D eigenvalue weighted by atomic mass is 9.94. The highest BCUT2D eigenvalue weighted by atomic mass is 16.1. The number of para-hydroxylation sites is 3. The molecule has 0 bridgehead atoms. The summed E-state index contributed by atoms with van der Waals surface area (Å²) in [5, 5.41) is 2.24. The lowest BCUT2D eigenvalue weighted by Gasteiger charge is -2.32. The van der Waals surface area contributed by atoms with Gasteiger partial charge in [-0.1, -0.05) is 170 Å². The number of allylic oxidation sites excluding steroid dienone is 4. The molecule has 0 radical (unpaired) electrons. The van der Waals surface area contributed by atoms with Gasteiger partial charge < -0.3 is 9.47 Å². The van der Waals surface area contributed by atoms with Crippen LogP contribution in [-0.4, -0.2) is 41.4 Å². The van der Waals surface area contributed by atoms with E-state index in [2.05, 4.69) is 118 Å². The van der Waals surface area contributed by atoms with E-state index in [0.29, 0.717) is 35.2 Å². The molecule has 8 nitrogen and oxygen atoms in total. The smallest absolute Gasteiger partial charge is 0.192 e. The Kier molecular flexibility index (Phi) is 10.0. The number of anilines is 2. The molecule has 0 saturated heterocycles. The fourth-order valence-corrected chi connectivity index (χ4v) is 9.35. The van der Waals surface area contributed by atoms with Crippen LogP contribution in [0.1, 0.15) is 10.4 Å². The Morgan fingerprint density at radius 1 is 0.456 bits per heavy atom. The monoisotopic (exact) mass is 875 g/mol. The molecule has 322 valence electrons. The summed E-state index contributed by atoms with van der Waals surface area (Å²) in [7, 11) is 0. The Bertz CT molecular complexity index is 3720. The van der Waals surface area contributed by atoms with Crippen LogP contribution in [0.3, 0.4) is 0 Å². The zero-order chi connectivity index (χ0) is 45.6. The molecule has 0 fully saturated rings. The van der Waals surface area contributed by atoms with E-state index >= 15 is 0 Å². The minimum Gasteiger partial charge on any atom is -0.336 e. The van der Waals surface area contributed by atoms with Crippen LogP contribution in [0.15, 0.2) is 237 Å². The fraction of sp³-hybridized carbons (Fsp3) is 0.0167. The summed E-state index contributed by atoms with van der Waals surface area (Å²) in [6, 6.07) is 68.1. The van der Waals surface area contributed by atoms with Crippen LogP contribution in [0.2, 0.25) is 0 Å². The maximum absolute atomic E-state index is 14.6. The number of ketones is 1. The molecule has 1 aliphatic heterocycles. The van der Waals surface area contributed by atoms with Crippen molar-refractivity contribution in [3.05, 3.63) is 242 Å². The molecule has 0 saturated carbocycles. The molecule has 0 aliphatic carbocycles. The summed E-state index contributed by atoms with van der Waals surface area (Å²) in [5.74, 6) is 2.47. The SMILES string of the molecule is C=CC=CC=C1CN(c2ccccc2)c2cc3nc(-c4ccc(-c5nc(-c6ccccc6)nc(-c6ccccc6)n5)cc4)n(-c4ccc5c(c4)c4ccccc4n5-c4ccccc4)c3cc2C1=O. The molecule has 11 aromatic rings. The van der Waals surface area contributed by atoms with E-state index in [9.17, 15) is 4.79 Å². The van der Waals surface area contributed by atoms with E-state index in [1.807, 2.05) is 121 Å². The van der Waals surface area contributed by atoms with Crippen LogP contribution in [0.5, 0.6) is 0 Å². The number of carbonyl (C=O) groups excluding carboxylic acids is 1. The van der Waals surface area contributed by atoms with Crippen molar-refractivity contribution in [2.45, 2.75) is 0 Å². The third kappa shape index (κ3) is 7.08. The largest absolute Gasteiger partial charge is 0.336 e. The molecule has 8 heteroatoms. The van der Waals surface area contributed by atoms with Gasteiger partial charge in [0.05, 0.1) is 34.3 Å². The maximum Gasteiger partial charge on any atom is 0.192 e. The highest BCUT2D eigenvalue weighted by molar-refractivity contribution is 6.17. The first-order valence-corrected chi connectivity index (χ1v) is 22.6. The second-order valence-corrected chi connectivity index (χ2v) is 16.7. The standard InChI is InChI=1S/C60H41N7O/c1-2-3-8-23-44-39-65(45-24-13-6-14-25-45)54-38-51-55(37-50(54)56(44)68)67(47-34-35-53-49(36-47)48-28-17-18-29-52(48)66(53)46-26-15-7-16-27-46)60(61-51)43-32-30-42(31-33-43)59-63-57(40-19-9-4-10-20-40)62-58(64-59)41-21-11-5-12-22-41/h2-38H,1,39H2. The van der Waals surface area contributed by atoms with E-state index in [4.69, 9.17) is 19.9 Å². The molecule has 12 rings (SSSR count). The van der Waals surface area contributed by atoms with Gasteiger partial charge in [-0.3, -0.25) is 9.36 Å². The second kappa shape index (κ2) is 16.9. The molecular weight excluding hydrogens is 835 g/mol. The number of rotatable bonds is 9. The Hall–Kier alpha value is -9.27. The molecule has 0 spiro atoms. The minimum absolute atomic E-state index is 0.0232. The predicted molar refractivity (Wildman–Crippen MR) is 276 cm³/mol. The third-order valence-corrected chi connectivity index (χ3v) is 12.6. The number of Topliss-reactive ketones (excluding diaryl/α,β-unsaturated/α-hetero) is 1. The lowest BCUT2D eigenvalue weighted by molar-refractivity contribution is 0.103. The van der Waals surface area contributed by atoms with Crippen molar-refractivity contribution in [1.29, 1.82) is 0 Å². The van der Waals surface area contributed by atoms with Crippen LogP contribution in [-0.2, 0) is 0 Å². The Labute approximate surface area is 392 Å². The lowest BCUT2D eigenvalue weighted by Crippen LogP contribution is -2.30. The average Bonchev–Trinajstić information content (AvgIpc) is 3.95. The molecule has 0 amide bonds. The number of hydrogen-bond donors (Lipinski definition) is 0. The third-order valence-electron chi connectivity index (χ3n) is 12.6. The zero-order valence-corrected chi connectivity index (χ0v) is 36.8. The summed E-state index contributed by atoms with van der Waals surface area (Å²) in [6.45, 7) is 4.24. The van der Waals surface area contributed by atoms with Gasteiger partial charge in [0.25, 0.3) is 0 Å². The van der Waals surface area contributed by atoms with E-state index < -0.39 is 0 Å². The van der Waals surface area contributed by atoms with Crippen molar-refractivity contribution in [2.75, 3.05) is 11.4 Å². The second-order valence-electron chi connectivity index (χ2n) is 16.7. The first-order chi connectivity index (χ1) is 33.6. The number of benzene rings is 8. The van der Waals surface area contributed by atoms with E-state index in [0.717, 1.165) is 83.7 Å². The summed E-state index contributed by atoms with van der Waals surface area (Å²) in [4.78, 5) is 37.2. The fourth-order valence-electron chi connectivity index (χ4n) is 9.35. The molecule has 4 heterocycles.